The van der Waals surface area contributed by atoms with Gasteiger partial charge in [-0.1, -0.05) is 32.6 Å². The van der Waals surface area contributed by atoms with Crippen molar-refractivity contribution in [1.29, 1.82) is 0 Å². The highest BCUT2D eigenvalue weighted by atomic mass is 16.2. The number of rotatable bonds is 5. The summed E-state index contributed by atoms with van der Waals surface area (Å²) < 4.78 is 0. The molecule has 4 nitrogen and oxygen atoms in total. The first-order valence-corrected chi connectivity index (χ1v) is 8.87. The molecule has 2 N–H and O–H groups in total. The lowest BCUT2D eigenvalue weighted by molar-refractivity contribution is -0.131. The summed E-state index contributed by atoms with van der Waals surface area (Å²) in [5.41, 5.74) is 0.223. The number of hydrogen-bond acceptors (Lipinski definition) is 3. The second-order valence-electron chi connectivity index (χ2n) is 7.03. The Morgan fingerprint density at radius 3 is 2.67 bits per heavy atom. The van der Waals surface area contributed by atoms with Gasteiger partial charge in [-0.3, -0.25) is 9.69 Å². The number of amides is 1. The maximum absolute atomic E-state index is 12.6. The van der Waals surface area contributed by atoms with Crippen LogP contribution in [0.5, 0.6) is 0 Å². The maximum atomic E-state index is 12.6. The summed E-state index contributed by atoms with van der Waals surface area (Å²) in [6.45, 7) is 9.42. The zero-order valence-electron chi connectivity index (χ0n) is 14.1. The number of carbonyl (C=O) groups excluding carboxylic acids is 1. The van der Waals surface area contributed by atoms with Gasteiger partial charge in [-0.05, 0) is 33.1 Å². The summed E-state index contributed by atoms with van der Waals surface area (Å²) in [7, 11) is 0. The van der Waals surface area contributed by atoms with Crippen LogP contribution in [0.3, 0.4) is 0 Å². The minimum atomic E-state index is -0.00972. The van der Waals surface area contributed by atoms with Crippen LogP contribution in [0.25, 0.3) is 0 Å². The zero-order valence-corrected chi connectivity index (χ0v) is 14.1. The normalized spacial score (nSPS) is 25.5. The van der Waals surface area contributed by atoms with Crippen LogP contribution in [0.4, 0.5) is 0 Å². The van der Waals surface area contributed by atoms with Crippen molar-refractivity contribution in [3.05, 3.63) is 0 Å². The Morgan fingerprint density at radius 1 is 1.29 bits per heavy atom. The number of nitrogens with one attached hydrogen (secondary N) is 2. The molecule has 2 fully saturated rings. The van der Waals surface area contributed by atoms with Crippen molar-refractivity contribution in [1.82, 2.24) is 15.5 Å². The van der Waals surface area contributed by atoms with Crippen LogP contribution < -0.4 is 10.6 Å². The molecule has 1 saturated carbocycles. The molecular formula is C17H33N3O. The van der Waals surface area contributed by atoms with Gasteiger partial charge >= 0.3 is 0 Å². The van der Waals surface area contributed by atoms with Crippen molar-refractivity contribution < 1.29 is 4.79 Å². The fraction of sp³-hybridized carbons (Fsp3) is 0.941. The molecule has 2 aliphatic rings. The maximum Gasteiger partial charge on any atom is 0.237 e. The largest absolute Gasteiger partial charge is 0.352 e. The van der Waals surface area contributed by atoms with Gasteiger partial charge in [0.1, 0.15) is 0 Å². The van der Waals surface area contributed by atoms with E-state index in [1.165, 1.54) is 32.1 Å². The number of carbonyl (C=O) groups is 1. The molecule has 1 amide bonds. The van der Waals surface area contributed by atoms with Crippen molar-refractivity contribution in [2.45, 2.75) is 83.3 Å². The Labute approximate surface area is 130 Å². The van der Waals surface area contributed by atoms with Gasteiger partial charge in [0.05, 0.1) is 6.04 Å². The summed E-state index contributed by atoms with van der Waals surface area (Å²) in [6, 6.07) is 0.277. The molecule has 2 rings (SSSR count). The molecule has 1 aliphatic heterocycles. The fourth-order valence-electron chi connectivity index (χ4n) is 4.15. The van der Waals surface area contributed by atoms with Crippen molar-refractivity contribution in [3.8, 4) is 0 Å². The van der Waals surface area contributed by atoms with E-state index < -0.39 is 0 Å². The smallest absolute Gasteiger partial charge is 0.237 e. The molecule has 2 atom stereocenters. The molecule has 0 aromatic rings. The standard InChI is InChI=1S/C17H33N3O/c1-4-8-14(2)19-16(21)15(3)20-12-11-18-13-17(20)9-6-5-7-10-17/h14-15,18H,4-13H2,1-3H3,(H,19,21). The molecule has 122 valence electrons. The Morgan fingerprint density at radius 2 is 2.00 bits per heavy atom. The highest BCUT2D eigenvalue weighted by Gasteiger charge is 2.43. The van der Waals surface area contributed by atoms with Crippen LogP contribution in [0.1, 0.15) is 65.7 Å². The van der Waals surface area contributed by atoms with Crippen LogP contribution in [-0.2, 0) is 4.79 Å². The van der Waals surface area contributed by atoms with E-state index in [0.717, 1.165) is 32.5 Å². The summed E-state index contributed by atoms with van der Waals surface area (Å²) in [5.74, 6) is 0.211. The summed E-state index contributed by atoms with van der Waals surface area (Å²) in [6.07, 6.45) is 8.62. The van der Waals surface area contributed by atoms with Crippen LogP contribution in [-0.4, -0.2) is 48.1 Å². The molecule has 2 unspecified atom stereocenters. The predicted octanol–water partition coefficient (Wildman–Crippen LogP) is 2.29. The van der Waals surface area contributed by atoms with Gasteiger partial charge in [0.2, 0.25) is 5.91 Å². The van der Waals surface area contributed by atoms with Crippen LogP contribution in [0.2, 0.25) is 0 Å². The van der Waals surface area contributed by atoms with Crippen LogP contribution in [0.15, 0.2) is 0 Å². The monoisotopic (exact) mass is 295 g/mol. The molecule has 1 aliphatic carbocycles. The number of nitrogens with zero attached hydrogens (tertiary/aromatic N) is 1. The Balaban J connectivity index is 2.01. The first-order chi connectivity index (χ1) is 10.1. The number of hydrogen-bond donors (Lipinski definition) is 2. The van der Waals surface area contributed by atoms with Crippen molar-refractivity contribution >= 4 is 5.91 Å². The van der Waals surface area contributed by atoms with Crippen LogP contribution in [0, 0.1) is 0 Å². The van der Waals surface area contributed by atoms with Gasteiger partial charge in [0, 0.05) is 31.2 Å². The van der Waals surface area contributed by atoms with E-state index in [0.29, 0.717) is 0 Å². The highest BCUT2D eigenvalue weighted by Crippen LogP contribution is 2.35. The molecule has 21 heavy (non-hydrogen) atoms. The number of piperazine rings is 1. The summed E-state index contributed by atoms with van der Waals surface area (Å²) >= 11 is 0. The first-order valence-electron chi connectivity index (χ1n) is 8.87. The third kappa shape index (κ3) is 3.98. The van der Waals surface area contributed by atoms with Gasteiger partial charge in [0.15, 0.2) is 0 Å². The van der Waals surface area contributed by atoms with Gasteiger partial charge in [-0.25, -0.2) is 0 Å². The lowest BCUT2D eigenvalue weighted by Crippen LogP contribution is -2.66. The Kier molecular flexibility index (Phi) is 6.06. The fourth-order valence-corrected chi connectivity index (χ4v) is 4.15. The molecule has 0 aromatic heterocycles. The summed E-state index contributed by atoms with van der Waals surface area (Å²) in [5, 5.41) is 6.76. The third-order valence-electron chi connectivity index (χ3n) is 5.33. The van der Waals surface area contributed by atoms with E-state index in [1.54, 1.807) is 0 Å². The van der Waals surface area contributed by atoms with Gasteiger partial charge in [-0.2, -0.15) is 0 Å². The molecular weight excluding hydrogens is 262 g/mol. The third-order valence-corrected chi connectivity index (χ3v) is 5.33. The van der Waals surface area contributed by atoms with Gasteiger partial charge in [0.25, 0.3) is 0 Å². The van der Waals surface area contributed by atoms with E-state index in [-0.39, 0.29) is 23.5 Å². The van der Waals surface area contributed by atoms with E-state index in [4.69, 9.17) is 0 Å². The lowest BCUT2D eigenvalue weighted by atomic mass is 9.78. The minimum Gasteiger partial charge on any atom is -0.352 e. The van der Waals surface area contributed by atoms with E-state index in [1.807, 2.05) is 0 Å². The zero-order chi connectivity index (χ0) is 15.3. The highest BCUT2D eigenvalue weighted by molar-refractivity contribution is 5.81. The van der Waals surface area contributed by atoms with E-state index in [2.05, 4.69) is 36.3 Å². The van der Waals surface area contributed by atoms with Crippen molar-refractivity contribution in [2.24, 2.45) is 0 Å². The molecule has 1 heterocycles. The average Bonchev–Trinajstić information content (AvgIpc) is 2.48. The molecule has 0 aromatic carbocycles. The Hall–Kier alpha value is -0.610. The second-order valence-corrected chi connectivity index (χ2v) is 7.03. The Bertz CT molecular complexity index is 331. The average molecular weight is 295 g/mol. The quantitative estimate of drug-likeness (QED) is 0.818. The molecule has 0 radical (unpaired) electrons. The van der Waals surface area contributed by atoms with Crippen molar-refractivity contribution in [2.75, 3.05) is 19.6 Å². The van der Waals surface area contributed by atoms with E-state index in [9.17, 15) is 4.79 Å². The van der Waals surface area contributed by atoms with Gasteiger partial charge < -0.3 is 10.6 Å². The molecule has 0 bridgehead atoms. The first kappa shape index (κ1) is 16.8. The molecule has 1 saturated heterocycles. The predicted molar refractivity (Wildman–Crippen MR) is 87.4 cm³/mol. The topological polar surface area (TPSA) is 44.4 Å². The molecule has 1 spiro atoms. The summed E-state index contributed by atoms with van der Waals surface area (Å²) in [4.78, 5) is 15.1. The SMILES string of the molecule is CCCC(C)NC(=O)C(C)N1CCNCC12CCCCC2. The second kappa shape index (κ2) is 7.59. The van der Waals surface area contributed by atoms with Crippen molar-refractivity contribution in [3.63, 3.8) is 0 Å². The van der Waals surface area contributed by atoms with E-state index >= 15 is 0 Å². The lowest BCUT2D eigenvalue weighted by Gasteiger charge is -2.52. The minimum absolute atomic E-state index is 0.00972. The van der Waals surface area contributed by atoms with Gasteiger partial charge in [-0.15, -0.1) is 0 Å². The van der Waals surface area contributed by atoms with Crippen LogP contribution >= 0.6 is 0 Å². The molecule has 4 heteroatoms.